The van der Waals surface area contributed by atoms with E-state index in [-0.39, 0.29) is 5.92 Å². The van der Waals surface area contributed by atoms with Crippen LogP contribution in [0.2, 0.25) is 0 Å². The summed E-state index contributed by atoms with van der Waals surface area (Å²) < 4.78 is 0. The smallest absolute Gasteiger partial charge is 0.135 e. The molecule has 0 aliphatic rings. The molecule has 0 saturated carbocycles. The van der Waals surface area contributed by atoms with Crippen LogP contribution >= 0.6 is 0 Å². The lowest BCUT2D eigenvalue weighted by atomic mass is 10.0. The summed E-state index contributed by atoms with van der Waals surface area (Å²) >= 11 is 0. The van der Waals surface area contributed by atoms with Gasteiger partial charge in [0.2, 0.25) is 0 Å². The summed E-state index contributed by atoms with van der Waals surface area (Å²) in [6, 6.07) is 0. The van der Waals surface area contributed by atoms with E-state index in [2.05, 4.69) is 41.5 Å². The van der Waals surface area contributed by atoms with Gasteiger partial charge in [0.15, 0.2) is 0 Å². The van der Waals surface area contributed by atoms with Crippen molar-refractivity contribution in [3.63, 3.8) is 0 Å². The van der Waals surface area contributed by atoms with Crippen molar-refractivity contribution in [2.75, 3.05) is 0 Å². The highest BCUT2D eigenvalue weighted by atomic mass is 16.1. The molecular formula is C22H46O. The first kappa shape index (κ1) is 24.9. The molecule has 0 aliphatic heterocycles. The zero-order chi connectivity index (χ0) is 18.3. The number of carbonyl (C=O) groups is 1. The Labute approximate surface area is 148 Å². The molecule has 0 aliphatic carbocycles. The van der Waals surface area contributed by atoms with Crippen molar-refractivity contribution < 1.29 is 4.79 Å². The number of rotatable bonds is 12. The summed E-state index contributed by atoms with van der Waals surface area (Å²) in [5.74, 6) is 3.21. The highest BCUT2D eigenvalue weighted by molar-refractivity contribution is 5.80. The molecule has 0 aromatic rings. The Kier molecular flexibility index (Phi) is 17.9. The lowest BCUT2D eigenvalue weighted by Crippen LogP contribution is -2.06. The van der Waals surface area contributed by atoms with Crippen molar-refractivity contribution in [2.24, 2.45) is 23.7 Å². The van der Waals surface area contributed by atoms with Crippen molar-refractivity contribution in [1.29, 1.82) is 0 Å². The van der Waals surface area contributed by atoms with Gasteiger partial charge in [-0.15, -0.1) is 0 Å². The molecule has 0 atom stereocenters. The van der Waals surface area contributed by atoms with E-state index in [4.69, 9.17) is 0 Å². The third-order valence-electron chi connectivity index (χ3n) is 4.16. The van der Waals surface area contributed by atoms with Gasteiger partial charge in [-0.3, -0.25) is 4.79 Å². The van der Waals surface area contributed by atoms with Crippen molar-refractivity contribution in [3.05, 3.63) is 0 Å². The van der Waals surface area contributed by atoms with Crippen molar-refractivity contribution in [2.45, 2.75) is 113 Å². The number of carbonyl (C=O) groups excluding carboxylic acids is 1. The first-order chi connectivity index (χ1) is 10.7. The van der Waals surface area contributed by atoms with Gasteiger partial charge in [0.05, 0.1) is 0 Å². The maximum atomic E-state index is 11.2. The van der Waals surface area contributed by atoms with Gasteiger partial charge in [0.25, 0.3) is 0 Å². The molecule has 1 heteroatoms. The molecule has 0 fully saturated rings. The third-order valence-corrected chi connectivity index (χ3v) is 4.16. The van der Waals surface area contributed by atoms with Crippen LogP contribution in [0.15, 0.2) is 0 Å². The van der Waals surface area contributed by atoms with Crippen LogP contribution in [0, 0.1) is 23.7 Å². The van der Waals surface area contributed by atoms with Gasteiger partial charge < -0.3 is 0 Å². The highest BCUT2D eigenvalue weighted by Crippen LogP contribution is 2.12. The second-order valence-corrected chi connectivity index (χ2v) is 8.69. The van der Waals surface area contributed by atoms with Gasteiger partial charge in [0, 0.05) is 12.3 Å². The van der Waals surface area contributed by atoms with Crippen LogP contribution in [0.3, 0.4) is 0 Å². The average Bonchev–Trinajstić information content (AvgIpc) is 2.42. The fourth-order valence-electron chi connectivity index (χ4n) is 2.42. The summed E-state index contributed by atoms with van der Waals surface area (Å²) in [5.41, 5.74) is 0. The monoisotopic (exact) mass is 326 g/mol. The number of unbranched alkanes of at least 4 members (excludes halogenated alkanes) is 3. The molecule has 0 aromatic carbocycles. The Morgan fingerprint density at radius 2 is 0.913 bits per heavy atom. The molecule has 0 spiro atoms. The Balaban J connectivity index is 0. The zero-order valence-corrected chi connectivity index (χ0v) is 17.6. The fourth-order valence-corrected chi connectivity index (χ4v) is 2.42. The van der Waals surface area contributed by atoms with E-state index in [1.807, 2.05) is 13.8 Å². The number of hydrogen-bond donors (Lipinski definition) is 0. The number of ketones is 1. The molecule has 0 radical (unpaired) electrons. The van der Waals surface area contributed by atoms with Crippen LogP contribution in [0.5, 0.6) is 0 Å². The average molecular weight is 327 g/mol. The van der Waals surface area contributed by atoms with Gasteiger partial charge >= 0.3 is 0 Å². The quantitative estimate of drug-likeness (QED) is 0.336. The largest absolute Gasteiger partial charge is 0.299 e. The van der Waals surface area contributed by atoms with E-state index in [9.17, 15) is 4.79 Å². The fraction of sp³-hybridized carbons (Fsp3) is 0.955. The molecule has 23 heavy (non-hydrogen) atoms. The Hall–Kier alpha value is -0.330. The van der Waals surface area contributed by atoms with Gasteiger partial charge in [0.1, 0.15) is 5.78 Å². The second kappa shape index (κ2) is 16.5. The molecule has 0 heterocycles. The summed E-state index contributed by atoms with van der Waals surface area (Å²) in [4.78, 5) is 11.2. The van der Waals surface area contributed by atoms with E-state index >= 15 is 0 Å². The van der Waals surface area contributed by atoms with Crippen molar-refractivity contribution in [3.8, 4) is 0 Å². The molecule has 0 bridgehead atoms. The molecule has 0 unspecified atom stereocenters. The summed E-state index contributed by atoms with van der Waals surface area (Å²) in [7, 11) is 0. The molecule has 1 nitrogen and oxygen atoms in total. The molecule has 0 saturated heterocycles. The highest BCUT2D eigenvalue weighted by Gasteiger charge is 2.06. The van der Waals surface area contributed by atoms with Crippen molar-refractivity contribution >= 4 is 5.78 Å². The molecule has 0 aromatic heterocycles. The van der Waals surface area contributed by atoms with Crippen LogP contribution in [0.1, 0.15) is 113 Å². The maximum absolute atomic E-state index is 11.2. The minimum atomic E-state index is 0.226. The van der Waals surface area contributed by atoms with E-state index in [0.717, 1.165) is 30.6 Å². The number of Topliss-reactive ketones (excluding diaryl/α,β-unsaturated/α-hetero) is 1. The van der Waals surface area contributed by atoms with Crippen LogP contribution in [-0.4, -0.2) is 5.78 Å². The van der Waals surface area contributed by atoms with Crippen molar-refractivity contribution in [1.82, 2.24) is 0 Å². The minimum Gasteiger partial charge on any atom is -0.299 e. The van der Waals surface area contributed by atoms with E-state index < -0.39 is 0 Å². The van der Waals surface area contributed by atoms with Crippen LogP contribution < -0.4 is 0 Å². The summed E-state index contributed by atoms with van der Waals surface area (Å²) in [5, 5.41) is 0. The molecule has 0 amide bonds. The molecule has 140 valence electrons. The molecule has 0 N–H and O–H groups in total. The Morgan fingerprint density at radius 1 is 0.565 bits per heavy atom. The SMILES string of the molecule is CC(C)CCCCC(=O)C(C)C.CC(C)CCCCCC(C)C. The Morgan fingerprint density at radius 3 is 1.22 bits per heavy atom. The third kappa shape index (κ3) is 24.1. The summed E-state index contributed by atoms with van der Waals surface area (Å²) in [6.07, 6.45) is 11.5. The van der Waals surface area contributed by atoms with Gasteiger partial charge in [-0.1, -0.05) is 100 Å². The predicted octanol–water partition coefficient (Wildman–Crippen LogP) is 7.68. The normalized spacial score (nSPS) is 11.3. The van der Waals surface area contributed by atoms with E-state index in [0.29, 0.717) is 5.78 Å². The Bertz CT molecular complexity index is 241. The minimum absolute atomic E-state index is 0.226. The summed E-state index contributed by atoms with van der Waals surface area (Å²) in [6.45, 7) is 17.6. The maximum Gasteiger partial charge on any atom is 0.135 e. The van der Waals surface area contributed by atoms with Crippen LogP contribution in [-0.2, 0) is 4.79 Å². The second-order valence-electron chi connectivity index (χ2n) is 8.69. The first-order valence-corrected chi connectivity index (χ1v) is 10.2. The van der Waals surface area contributed by atoms with E-state index in [1.165, 1.54) is 44.9 Å². The van der Waals surface area contributed by atoms with Crippen LogP contribution in [0.4, 0.5) is 0 Å². The zero-order valence-electron chi connectivity index (χ0n) is 17.6. The molecule has 0 rings (SSSR count). The topological polar surface area (TPSA) is 17.1 Å². The standard InChI is InChI=1S/C11H22O.C11H24/c1-9(2)7-5-6-8-11(12)10(3)4;1-10(2)8-6-5-7-9-11(3)4/h9-10H,5-8H2,1-4H3;10-11H,5-9H2,1-4H3. The predicted molar refractivity (Wildman–Crippen MR) is 106 cm³/mol. The van der Waals surface area contributed by atoms with Gasteiger partial charge in [-0.05, 0) is 24.2 Å². The van der Waals surface area contributed by atoms with E-state index in [1.54, 1.807) is 0 Å². The molecular weight excluding hydrogens is 280 g/mol. The van der Waals surface area contributed by atoms with Gasteiger partial charge in [-0.25, -0.2) is 0 Å². The number of hydrogen-bond acceptors (Lipinski definition) is 1. The lowest BCUT2D eigenvalue weighted by Gasteiger charge is -2.05. The van der Waals surface area contributed by atoms with Gasteiger partial charge in [-0.2, -0.15) is 0 Å². The lowest BCUT2D eigenvalue weighted by molar-refractivity contribution is -0.122. The van der Waals surface area contributed by atoms with Crippen LogP contribution in [0.25, 0.3) is 0 Å². The first-order valence-electron chi connectivity index (χ1n) is 10.2.